The Morgan fingerprint density at radius 3 is 2.67 bits per heavy atom. The number of hydrogen-bond acceptors (Lipinski definition) is 14. The second kappa shape index (κ2) is 14.4. The largest absolute Gasteiger partial charge is 0.494 e. The number of methoxy groups -OCH3 is 1. The molecule has 52 heavy (non-hydrogen) atoms. The number of halogens is 3. The van der Waals surface area contributed by atoms with Gasteiger partial charge >= 0.3 is 0 Å². The zero-order chi connectivity index (χ0) is 36.7. The van der Waals surface area contributed by atoms with Crippen molar-refractivity contribution in [3.8, 4) is 17.0 Å². The molecule has 2 saturated heterocycles. The van der Waals surface area contributed by atoms with E-state index in [0.717, 1.165) is 18.6 Å². The van der Waals surface area contributed by atoms with Gasteiger partial charge in [0, 0.05) is 24.7 Å². The van der Waals surface area contributed by atoms with E-state index in [4.69, 9.17) is 26.8 Å². The van der Waals surface area contributed by atoms with Gasteiger partial charge in [-0.2, -0.15) is 0 Å². The molecular weight excluding hydrogens is 704 g/mol. The van der Waals surface area contributed by atoms with Crippen LogP contribution in [0.2, 0.25) is 5.15 Å². The molecule has 0 saturated carbocycles. The number of aromatic nitrogens is 6. The Balaban J connectivity index is 1.26. The topological polar surface area (TPSA) is 210 Å². The maximum absolute atomic E-state index is 15.3. The average molecular weight is 740 g/mol. The van der Waals surface area contributed by atoms with E-state index >= 15 is 4.39 Å². The number of nitrogens with zero attached hydrogens (tertiary/aromatic N) is 7. The molecule has 2 aliphatic heterocycles. The molecule has 6 heterocycles. The number of fused-ring (bicyclic) bond motifs is 1. The van der Waals surface area contributed by atoms with E-state index in [1.165, 1.54) is 19.8 Å². The van der Waals surface area contributed by atoms with Gasteiger partial charge in [-0.05, 0) is 42.7 Å². The first-order valence-electron chi connectivity index (χ1n) is 16.4. The van der Waals surface area contributed by atoms with Crippen LogP contribution in [0.3, 0.4) is 0 Å². The van der Waals surface area contributed by atoms with Gasteiger partial charge in [-0.1, -0.05) is 17.7 Å². The van der Waals surface area contributed by atoms with Gasteiger partial charge in [0.1, 0.15) is 41.7 Å². The third-order valence-electron chi connectivity index (χ3n) is 9.49. The number of aliphatic hydroxyl groups excluding tert-OH is 4. The van der Waals surface area contributed by atoms with Crippen LogP contribution in [-0.4, -0.2) is 107 Å². The van der Waals surface area contributed by atoms with E-state index in [1.807, 2.05) is 6.07 Å². The summed E-state index contributed by atoms with van der Waals surface area (Å²) in [6, 6.07) is 8.99. The highest BCUT2D eigenvalue weighted by Gasteiger charge is 2.44. The van der Waals surface area contributed by atoms with Crippen LogP contribution in [-0.2, 0) is 16.8 Å². The van der Waals surface area contributed by atoms with Crippen LogP contribution in [0.1, 0.15) is 24.1 Å². The summed E-state index contributed by atoms with van der Waals surface area (Å²) in [7, 11) is 1.25. The number of hydrogen-bond donors (Lipinski definition) is 6. The van der Waals surface area contributed by atoms with E-state index < -0.39 is 54.4 Å². The van der Waals surface area contributed by atoms with E-state index in [0.29, 0.717) is 47.3 Å². The van der Waals surface area contributed by atoms with Gasteiger partial charge in [0.15, 0.2) is 34.8 Å². The number of benzene rings is 1. The van der Waals surface area contributed by atoms with Crippen LogP contribution in [0, 0.1) is 11.6 Å². The number of pyridine rings is 2. The van der Waals surface area contributed by atoms with Crippen molar-refractivity contribution in [3.63, 3.8) is 0 Å². The Morgan fingerprint density at radius 2 is 1.90 bits per heavy atom. The third-order valence-corrected chi connectivity index (χ3v) is 9.70. The molecule has 7 rings (SSSR count). The number of piperidine rings is 1. The van der Waals surface area contributed by atoms with Gasteiger partial charge in [0.25, 0.3) is 0 Å². The molecule has 4 aromatic heterocycles. The zero-order valence-electron chi connectivity index (χ0n) is 27.8. The van der Waals surface area contributed by atoms with Crippen LogP contribution >= 0.6 is 11.6 Å². The SMILES string of the molecule is COc1cc(F)c(-c2cc(Cn3cnc4c(NC5O[C@H](CO)[C@@H](O)[C@H](O)[C@@H]5O)ncnc43)c(N3CCC[C@](N)(c4cccc(Cl)n4)C3)cn2)cc1F. The lowest BCUT2D eigenvalue weighted by Crippen LogP contribution is -2.60. The Hall–Kier alpha value is -4.62. The molecule has 0 aliphatic carbocycles. The minimum atomic E-state index is -1.60. The molecule has 1 unspecified atom stereocenters. The fourth-order valence-electron chi connectivity index (χ4n) is 6.76. The molecule has 1 aromatic carbocycles. The highest BCUT2D eigenvalue weighted by molar-refractivity contribution is 6.29. The Bertz CT molecular complexity index is 2090. The zero-order valence-corrected chi connectivity index (χ0v) is 28.5. The summed E-state index contributed by atoms with van der Waals surface area (Å²) in [5, 5.41) is 43.9. The number of ether oxygens (including phenoxy) is 2. The maximum Gasteiger partial charge on any atom is 0.165 e. The van der Waals surface area contributed by atoms with Crippen LogP contribution < -0.4 is 20.7 Å². The van der Waals surface area contributed by atoms with Crippen molar-refractivity contribution in [2.45, 2.75) is 55.6 Å². The predicted molar refractivity (Wildman–Crippen MR) is 185 cm³/mol. The molecule has 0 spiro atoms. The summed E-state index contributed by atoms with van der Waals surface area (Å²) in [6.07, 6.45) is -1.31. The van der Waals surface area contributed by atoms with Crippen molar-refractivity contribution in [1.29, 1.82) is 0 Å². The van der Waals surface area contributed by atoms with Gasteiger partial charge in [0.05, 0.1) is 55.4 Å². The van der Waals surface area contributed by atoms with Gasteiger partial charge in [0.2, 0.25) is 0 Å². The monoisotopic (exact) mass is 739 g/mol. The molecule has 15 nitrogen and oxygen atoms in total. The standard InChI is InChI=1S/C34H36ClF2N9O6/c1-51-23-10-19(36)18(9-20(23)37)21-8-17(22(11-39-21)45-7-3-6-34(38,14-45)25-4-2-5-26(35)43-25)12-46-16-42-27-31(40-15-41-32(27)46)44-33-30(50)29(49)28(48)24(13-47)52-33/h2,4-5,8-11,15-16,24,28-30,33,47-50H,3,6-7,12-14,38H2,1H3,(H,40,41,44)/t24-,28-,29+,30+,33?,34-/m1/s1. The van der Waals surface area contributed by atoms with Crippen LogP contribution in [0.25, 0.3) is 22.4 Å². The van der Waals surface area contributed by atoms with Crippen molar-refractivity contribution in [3.05, 3.63) is 83.3 Å². The average Bonchev–Trinajstić information content (AvgIpc) is 3.56. The summed E-state index contributed by atoms with van der Waals surface area (Å²) in [6.45, 7) is 0.527. The number of imidazole rings is 1. The van der Waals surface area contributed by atoms with Gasteiger partial charge in [-0.25, -0.2) is 28.7 Å². The highest BCUT2D eigenvalue weighted by Crippen LogP contribution is 2.36. The normalized spacial score (nSPS) is 25.0. The molecule has 2 aliphatic rings. The fraction of sp³-hybridized carbons (Fsp3) is 0.382. The number of nitrogens with one attached hydrogen (secondary N) is 1. The molecular formula is C34H36ClF2N9O6. The number of anilines is 2. The van der Waals surface area contributed by atoms with Gasteiger partial charge in [-0.3, -0.25) is 4.98 Å². The first-order chi connectivity index (χ1) is 25.0. The van der Waals surface area contributed by atoms with E-state index in [1.54, 1.807) is 29.0 Å². The minimum Gasteiger partial charge on any atom is -0.494 e. The van der Waals surface area contributed by atoms with Crippen molar-refractivity contribution < 1.29 is 38.7 Å². The summed E-state index contributed by atoms with van der Waals surface area (Å²) in [4.78, 5) is 24.3. The smallest absolute Gasteiger partial charge is 0.165 e. The van der Waals surface area contributed by atoms with Gasteiger partial charge in [-0.15, -0.1) is 0 Å². The number of nitrogens with two attached hydrogens (primary N) is 1. The second-order valence-corrected chi connectivity index (χ2v) is 13.2. The predicted octanol–water partition coefficient (Wildman–Crippen LogP) is 1.94. The van der Waals surface area contributed by atoms with Crippen LogP contribution in [0.5, 0.6) is 5.75 Å². The third kappa shape index (κ3) is 6.71. The molecule has 7 N–H and O–H groups in total. The highest BCUT2D eigenvalue weighted by atomic mass is 35.5. The number of rotatable bonds is 9. The summed E-state index contributed by atoms with van der Waals surface area (Å²) in [5.41, 5.74) is 8.86. The summed E-state index contributed by atoms with van der Waals surface area (Å²) >= 11 is 6.22. The molecule has 0 bridgehead atoms. The molecule has 0 amide bonds. The van der Waals surface area contributed by atoms with Crippen LogP contribution in [0.15, 0.2) is 55.2 Å². The molecule has 2 fully saturated rings. The molecule has 6 atom stereocenters. The molecule has 18 heteroatoms. The quantitative estimate of drug-likeness (QED) is 0.119. The first-order valence-corrected chi connectivity index (χ1v) is 16.8. The lowest BCUT2D eigenvalue weighted by molar-refractivity contribution is -0.221. The minimum absolute atomic E-state index is 0.0649. The first kappa shape index (κ1) is 35.8. The van der Waals surface area contributed by atoms with E-state index in [-0.39, 0.29) is 34.9 Å². The molecule has 0 radical (unpaired) electrons. The second-order valence-electron chi connectivity index (χ2n) is 12.9. The Labute approximate surface area is 300 Å². The Morgan fingerprint density at radius 1 is 1.08 bits per heavy atom. The van der Waals surface area contributed by atoms with Crippen LogP contribution in [0.4, 0.5) is 20.3 Å². The maximum atomic E-state index is 15.3. The lowest BCUT2D eigenvalue weighted by Gasteiger charge is -2.41. The van der Waals surface area contributed by atoms with E-state index in [9.17, 15) is 24.8 Å². The van der Waals surface area contributed by atoms with Crippen molar-refractivity contribution in [2.24, 2.45) is 5.73 Å². The summed E-state index contributed by atoms with van der Waals surface area (Å²) < 4.78 is 42.4. The summed E-state index contributed by atoms with van der Waals surface area (Å²) in [5.74, 6) is -1.56. The van der Waals surface area contributed by atoms with Crippen molar-refractivity contribution >= 4 is 34.3 Å². The van der Waals surface area contributed by atoms with E-state index in [2.05, 4.69) is 35.1 Å². The molecule has 5 aromatic rings. The lowest BCUT2D eigenvalue weighted by atomic mass is 9.86. The Kier molecular flexibility index (Phi) is 9.92. The van der Waals surface area contributed by atoms with Crippen molar-refractivity contribution in [2.75, 3.05) is 37.0 Å². The molecule has 274 valence electrons. The van der Waals surface area contributed by atoms with Crippen molar-refractivity contribution in [1.82, 2.24) is 29.5 Å². The van der Waals surface area contributed by atoms with Gasteiger partial charge < -0.3 is 50.4 Å². The fourth-order valence-corrected chi connectivity index (χ4v) is 6.92. The number of aliphatic hydroxyl groups is 4.